The third kappa shape index (κ3) is 4.99. The number of pyridine rings is 1. The van der Waals surface area contributed by atoms with Crippen LogP contribution < -0.4 is 4.74 Å². The van der Waals surface area contributed by atoms with Crippen LogP contribution in [0.15, 0.2) is 54.4 Å². The van der Waals surface area contributed by atoms with Gasteiger partial charge in [-0.2, -0.15) is 0 Å². The summed E-state index contributed by atoms with van der Waals surface area (Å²) in [6.45, 7) is 9.42. The van der Waals surface area contributed by atoms with Gasteiger partial charge in [0.1, 0.15) is 11.5 Å². The maximum Gasteiger partial charge on any atom is 0.295 e. The van der Waals surface area contributed by atoms with Gasteiger partial charge in [-0.15, -0.1) is 0 Å². The molecular formula is C25H31N3O4. The number of benzene rings is 1. The van der Waals surface area contributed by atoms with Crippen LogP contribution in [0.1, 0.15) is 44.4 Å². The number of carbonyl (C=O) groups is 2. The lowest BCUT2D eigenvalue weighted by molar-refractivity contribution is -0.140. The number of aliphatic hydroxyl groups is 1. The van der Waals surface area contributed by atoms with Crippen molar-refractivity contribution in [3.63, 3.8) is 0 Å². The van der Waals surface area contributed by atoms with Crippen molar-refractivity contribution in [1.29, 1.82) is 0 Å². The molecule has 3 rings (SSSR count). The van der Waals surface area contributed by atoms with Crippen LogP contribution in [0.5, 0.6) is 5.75 Å². The second kappa shape index (κ2) is 10.9. The summed E-state index contributed by atoms with van der Waals surface area (Å²) >= 11 is 0. The van der Waals surface area contributed by atoms with Gasteiger partial charge in [-0.1, -0.05) is 32.9 Å². The highest BCUT2D eigenvalue weighted by Crippen LogP contribution is 2.39. The summed E-state index contributed by atoms with van der Waals surface area (Å²) in [5.41, 5.74) is 1.27. The van der Waals surface area contributed by atoms with Crippen molar-refractivity contribution in [2.24, 2.45) is 0 Å². The molecule has 1 saturated heterocycles. The molecule has 1 amide bonds. The Balaban J connectivity index is 2.04. The van der Waals surface area contributed by atoms with Crippen LogP contribution >= 0.6 is 0 Å². The third-order valence-electron chi connectivity index (χ3n) is 5.69. The number of aliphatic hydroxyl groups excluding tert-OH is 1. The van der Waals surface area contributed by atoms with Crippen LogP contribution in [0.3, 0.4) is 0 Å². The summed E-state index contributed by atoms with van der Waals surface area (Å²) in [5, 5.41) is 11.2. The highest BCUT2D eigenvalue weighted by Gasteiger charge is 2.45. The first-order valence-corrected chi connectivity index (χ1v) is 11.2. The van der Waals surface area contributed by atoms with Crippen molar-refractivity contribution >= 4 is 17.4 Å². The minimum Gasteiger partial charge on any atom is -0.507 e. The van der Waals surface area contributed by atoms with Crippen molar-refractivity contribution in [3.05, 3.63) is 65.5 Å². The van der Waals surface area contributed by atoms with Crippen LogP contribution in [0, 0.1) is 0 Å². The number of likely N-dealkylation sites (N-methyl/N-ethyl adjacent to an activating group) is 1. The molecule has 1 aliphatic rings. The molecule has 1 atom stereocenters. The predicted octanol–water partition coefficient (Wildman–Crippen LogP) is 3.63. The van der Waals surface area contributed by atoms with E-state index >= 15 is 0 Å². The van der Waals surface area contributed by atoms with Gasteiger partial charge in [0.15, 0.2) is 0 Å². The largest absolute Gasteiger partial charge is 0.507 e. The van der Waals surface area contributed by atoms with Crippen molar-refractivity contribution in [1.82, 2.24) is 14.8 Å². The number of hydrogen-bond donors (Lipinski definition) is 1. The first kappa shape index (κ1) is 23.5. The highest BCUT2D eigenvalue weighted by molar-refractivity contribution is 6.46. The second-order valence-electron chi connectivity index (χ2n) is 7.68. The highest BCUT2D eigenvalue weighted by atomic mass is 16.5. The molecule has 0 bridgehead atoms. The summed E-state index contributed by atoms with van der Waals surface area (Å²) in [6, 6.07) is 9.84. The Bertz CT molecular complexity index is 970. The fraction of sp³-hybridized carbons (Fsp3) is 0.400. The third-order valence-corrected chi connectivity index (χ3v) is 5.69. The summed E-state index contributed by atoms with van der Waals surface area (Å²) in [6.07, 6.45) is 4.11. The average Bonchev–Trinajstić information content (AvgIpc) is 3.08. The molecule has 1 aliphatic heterocycles. The van der Waals surface area contributed by atoms with Gasteiger partial charge >= 0.3 is 0 Å². The number of Topliss-reactive ketones (excluding diaryl/α,β-unsaturated/α-hetero) is 1. The number of hydrogen-bond acceptors (Lipinski definition) is 6. The molecule has 0 radical (unpaired) electrons. The topological polar surface area (TPSA) is 83.0 Å². The quantitative estimate of drug-likeness (QED) is 0.347. The van der Waals surface area contributed by atoms with E-state index in [2.05, 4.69) is 23.7 Å². The summed E-state index contributed by atoms with van der Waals surface area (Å²) < 4.78 is 5.67. The summed E-state index contributed by atoms with van der Waals surface area (Å²) in [4.78, 5) is 33.9. The standard InChI is InChI=1S/C25H31N3O4/c1-4-16-32-20-9-7-8-19(17-20)23(29)21-22(18-10-12-26-13-11-18)28(25(31)24(21)30)15-14-27(5-2)6-3/h7-13,17,22,29H,4-6,14-16H2,1-3H3/b23-21+. The Morgan fingerprint density at radius 3 is 2.50 bits per heavy atom. The maximum absolute atomic E-state index is 13.1. The number of nitrogens with zero attached hydrogens (tertiary/aromatic N) is 3. The zero-order valence-corrected chi connectivity index (χ0v) is 19.0. The molecule has 1 N–H and O–H groups in total. The Labute approximate surface area is 189 Å². The van der Waals surface area contributed by atoms with Crippen molar-refractivity contribution < 1.29 is 19.4 Å². The molecule has 170 valence electrons. The first-order chi connectivity index (χ1) is 15.5. The number of likely N-dealkylation sites (tertiary alicyclic amines) is 1. The fourth-order valence-electron chi connectivity index (χ4n) is 3.90. The Kier molecular flexibility index (Phi) is 8.00. The van der Waals surface area contributed by atoms with Gasteiger partial charge < -0.3 is 19.6 Å². The summed E-state index contributed by atoms with van der Waals surface area (Å²) in [7, 11) is 0. The molecule has 1 fully saturated rings. The van der Waals surface area contributed by atoms with E-state index in [-0.39, 0.29) is 11.3 Å². The first-order valence-electron chi connectivity index (χ1n) is 11.2. The lowest BCUT2D eigenvalue weighted by atomic mass is 9.96. The van der Waals surface area contributed by atoms with E-state index in [4.69, 9.17) is 4.74 Å². The van der Waals surface area contributed by atoms with Gasteiger partial charge in [-0.25, -0.2) is 0 Å². The molecule has 1 aromatic carbocycles. The lowest BCUT2D eigenvalue weighted by Gasteiger charge is -2.28. The number of amides is 1. The smallest absolute Gasteiger partial charge is 0.295 e. The molecule has 1 unspecified atom stereocenters. The molecule has 7 nitrogen and oxygen atoms in total. The fourth-order valence-corrected chi connectivity index (χ4v) is 3.90. The second-order valence-corrected chi connectivity index (χ2v) is 7.68. The van der Waals surface area contributed by atoms with Crippen LogP contribution in [-0.2, 0) is 9.59 Å². The number of ketones is 1. The Morgan fingerprint density at radius 2 is 1.84 bits per heavy atom. The SMILES string of the molecule is CCCOc1cccc(/C(O)=C2\C(=O)C(=O)N(CCN(CC)CC)C2c2ccncc2)c1. The van der Waals surface area contributed by atoms with Crippen LogP contribution in [0.2, 0.25) is 0 Å². The molecule has 32 heavy (non-hydrogen) atoms. The van der Waals surface area contributed by atoms with E-state index in [0.717, 1.165) is 25.1 Å². The summed E-state index contributed by atoms with van der Waals surface area (Å²) in [5.74, 6) is -0.868. The van der Waals surface area contributed by atoms with E-state index in [1.807, 2.05) is 6.92 Å². The van der Waals surface area contributed by atoms with Gasteiger partial charge in [0.05, 0.1) is 18.2 Å². The number of carbonyl (C=O) groups excluding carboxylic acids is 2. The van der Waals surface area contributed by atoms with Gasteiger partial charge in [-0.3, -0.25) is 14.6 Å². The molecule has 0 aliphatic carbocycles. The van der Waals surface area contributed by atoms with Crippen molar-refractivity contribution in [2.75, 3.05) is 32.8 Å². The molecule has 1 aromatic heterocycles. The number of ether oxygens (including phenoxy) is 1. The molecule has 0 saturated carbocycles. The maximum atomic E-state index is 13.1. The van der Waals surface area contributed by atoms with E-state index in [0.29, 0.717) is 31.0 Å². The molecule has 0 spiro atoms. The van der Waals surface area contributed by atoms with Gasteiger partial charge in [-0.05, 0) is 49.3 Å². The normalized spacial score (nSPS) is 17.9. The van der Waals surface area contributed by atoms with E-state index in [1.54, 1.807) is 53.7 Å². The molecular weight excluding hydrogens is 406 g/mol. The van der Waals surface area contributed by atoms with Crippen LogP contribution in [0.25, 0.3) is 5.76 Å². The van der Waals surface area contributed by atoms with Crippen molar-refractivity contribution in [2.45, 2.75) is 33.2 Å². The zero-order valence-electron chi connectivity index (χ0n) is 19.0. The number of aromatic nitrogens is 1. The van der Waals surface area contributed by atoms with Crippen LogP contribution in [0.4, 0.5) is 0 Å². The average molecular weight is 438 g/mol. The molecule has 2 aromatic rings. The van der Waals surface area contributed by atoms with E-state index in [1.165, 1.54) is 0 Å². The minimum absolute atomic E-state index is 0.0911. The Hall–Kier alpha value is -3.19. The monoisotopic (exact) mass is 437 g/mol. The van der Waals surface area contributed by atoms with Gasteiger partial charge in [0, 0.05) is 31.0 Å². The molecule has 2 heterocycles. The van der Waals surface area contributed by atoms with E-state index < -0.39 is 17.7 Å². The van der Waals surface area contributed by atoms with E-state index in [9.17, 15) is 14.7 Å². The Morgan fingerprint density at radius 1 is 1.12 bits per heavy atom. The van der Waals surface area contributed by atoms with Crippen LogP contribution in [-0.4, -0.2) is 64.4 Å². The van der Waals surface area contributed by atoms with Gasteiger partial charge in [0.25, 0.3) is 11.7 Å². The minimum atomic E-state index is -0.677. The zero-order chi connectivity index (χ0) is 23.1. The van der Waals surface area contributed by atoms with Crippen molar-refractivity contribution in [3.8, 4) is 5.75 Å². The lowest BCUT2D eigenvalue weighted by Crippen LogP contribution is -2.38. The number of rotatable bonds is 10. The predicted molar refractivity (Wildman–Crippen MR) is 123 cm³/mol. The van der Waals surface area contributed by atoms with Gasteiger partial charge in [0.2, 0.25) is 0 Å². The molecule has 7 heteroatoms.